The minimum Gasteiger partial charge on any atom is -0.464 e. The molecule has 29 heteroatoms. The summed E-state index contributed by atoms with van der Waals surface area (Å²) in [5, 5.41) is 21.3. The molecule has 7 aromatic heterocycles. The molecule has 7 rings (SSSR count). The summed E-state index contributed by atoms with van der Waals surface area (Å²) in [6.07, 6.45) is 11.0. The lowest BCUT2D eigenvalue weighted by Crippen LogP contribution is -2.47. The molecule has 0 bridgehead atoms. The summed E-state index contributed by atoms with van der Waals surface area (Å²) < 4.78 is 20.4. The minimum atomic E-state index is -1.27. The summed E-state index contributed by atoms with van der Waals surface area (Å²) in [6, 6.07) is 4.50. The number of rotatable bonds is 18. The second-order valence-electron chi connectivity index (χ2n) is 18.9. The maximum absolute atomic E-state index is 13.8. The zero-order valence-electron chi connectivity index (χ0n) is 44.4. The summed E-state index contributed by atoms with van der Waals surface area (Å²) in [5.41, 5.74) is 0.880. The number of aryl methyl sites for hydroxylation is 7. The van der Waals surface area contributed by atoms with Gasteiger partial charge in [-0.15, -0.1) is 0 Å². The Bertz CT molecular complexity index is 3500. The van der Waals surface area contributed by atoms with Gasteiger partial charge < -0.3 is 84.0 Å². The molecule has 0 saturated carbocycles. The zero-order chi connectivity index (χ0) is 56.9. The predicted octanol–water partition coefficient (Wildman–Crippen LogP) is 2.94. The van der Waals surface area contributed by atoms with Crippen LogP contribution in [0.4, 0.5) is 39.2 Å². The summed E-state index contributed by atoms with van der Waals surface area (Å²) >= 11 is 0. The highest BCUT2D eigenvalue weighted by Gasteiger charge is 2.27. The first-order chi connectivity index (χ1) is 36.8. The first-order valence-corrected chi connectivity index (χ1v) is 23.7. The van der Waals surface area contributed by atoms with Crippen LogP contribution < -0.4 is 42.5 Å². The lowest BCUT2D eigenvalue weighted by atomic mass is 10.2. The van der Waals surface area contributed by atoms with Crippen LogP contribution in [0.5, 0.6) is 0 Å². The Balaban J connectivity index is 0.935. The van der Waals surface area contributed by atoms with Crippen LogP contribution in [-0.2, 0) is 63.6 Å². The van der Waals surface area contributed by atoms with Gasteiger partial charge in [-0.2, -0.15) is 0 Å². The van der Waals surface area contributed by atoms with Gasteiger partial charge in [0.25, 0.3) is 35.4 Å². The number of aromatic nitrogens is 10. The molecular formula is C49H58N18O11. The number of hydrogen-bond donors (Lipinski definition) is 8. The monoisotopic (exact) mass is 1070 g/mol. The van der Waals surface area contributed by atoms with Gasteiger partial charge in [-0.05, 0) is 51.5 Å². The third-order valence-electron chi connectivity index (χ3n) is 11.5. The van der Waals surface area contributed by atoms with Gasteiger partial charge in [0.2, 0.25) is 17.6 Å². The fourth-order valence-corrected chi connectivity index (χ4v) is 7.86. The summed E-state index contributed by atoms with van der Waals surface area (Å²) in [6.45, 7) is 4.78. The Labute approximate surface area is 444 Å². The van der Waals surface area contributed by atoms with E-state index in [1.807, 2.05) is 0 Å². The molecule has 29 nitrogen and oxygen atoms in total. The molecular weight excluding hydrogens is 1020 g/mol. The van der Waals surface area contributed by atoms with E-state index in [2.05, 4.69) is 57.5 Å². The van der Waals surface area contributed by atoms with Crippen LogP contribution in [0.2, 0.25) is 0 Å². The average molecular weight is 1080 g/mol. The van der Waals surface area contributed by atoms with E-state index < -0.39 is 65.1 Å². The fraction of sp³-hybridized carbons (Fsp3) is 0.306. The lowest BCUT2D eigenvalue weighted by Gasteiger charge is -2.23. The Morgan fingerprint density at radius 3 is 1.40 bits per heavy atom. The van der Waals surface area contributed by atoms with Gasteiger partial charge in [0, 0.05) is 105 Å². The standard InChI is InChI=1S/C49H58N18O11/c1-49(2,3)78-48(76)56-30(40(68)52-26-16-32(63(6)20-26)42(70)60-36-25-67(10)39(58-36)46(74)55-29-19-34(47(75)77-11)65(8)23-29)12-13-51-44(72)38-57-35(24-66(38)9)59-43(71)33-17-27(21-64(33)7)53-41(69)31-18-28(22-62(31)5)54-45(73)37-50-14-15-61(37)4/h14-25,30H,12-13H2,1-11H3,(H,51,72)(H,52,68)(H,53,69)(H,54,73)(H,55,74)(H,56,76)(H,59,71)(H,60,70)/t30-/m0/s1. The maximum atomic E-state index is 13.8. The number of carbonyl (C=O) groups is 9. The lowest BCUT2D eigenvalue weighted by molar-refractivity contribution is -0.118. The van der Waals surface area contributed by atoms with Gasteiger partial charge >= 0.3 is 12.1 Å². The van der Waals surface area contributed by atoms with Gasteiger partial charge in [0.1, 0.15) is 34.4 Å². The van der Waals surface area contributed by atoms with Crippen molar-refractivity contribution in [3.05, 3.63) is 114 Å². The quantitative estimate of drug-likeness (QED) is 0.0573. The molecule has 0 spiro atoms. The molecule has 0 fully saturated rings. The second-order valence-corrected chi connectivity index (χ2v) is 18.9. The van der Waals surface area contributed by atoms with E-state index in [1.54, 1.807) is 80.0 Å². The molecule has 8 amide bonds. The third kappa shape index (κ3) is 13.2. The van der Waals surface area contributed by atoms with Crippen LogP contribution in [0.15, 0.2) is 73.8 Å². The summed E-state index contributed by atoms with van der Waals surface area (Å²) in [5.74, 6) is -4.73. The maximum Gasteiger partial charge on any atom is 0.408 e. The van der Waals surface area contributed by atoms with Crippen LogP contribution in [0.3, 0.4) is 0 Å². The van der Waals surface area contributed by atoms with Crippen molar-refractivity contribution in [2.75, 3.05) is 45.6 Å². The van der Waals surface area contributed by atoms with Crippen molar-refractivity contribution in [2.24, 2.45) is 49.3 Å². The molecule has 0 aliphatic carbocycles. The molecule has 0 radical (unpaired) electrons. The number of nitrogens with one attached hydrogen (secondary N) is 8. The van der Waals surface area contributed by atoms with E-state index in [1.165, 1.54) is 103 Å². The smallest absolute Gasteiger partial charge is 0.408 e. The van der Waals surface area contributed by atoms with Crippen molar-refractivity contribution in [1.82, 2.24) is 57.6 Å². The van der Waals surface area contributed by atoms with Gasteiger partial charge in [0.15, 0.2) is 17.5 Å². The molecule has 410 valence electrons. The Kier molecular flexibility index (Phi) is 16.2. The van der Waals surface area contributed by atoms with Crippen molar-refractivity contribution in [3.8, 4) is 0 Å². The first-order valence-electron chi connectivity index (χ1n) is 23.7. The molecule has 0 aromatic carbocycles. The number of alkyl carbamates (subject to hydrolysis) is 1. The number of amides is 8. The summed E-state index contributed by atoms with van der Waals surface area (Å²) in [7, 11) is 12.4. The number of ether oxygens (including phenoxy) is 2. The number of hydrogen-bond acceptors (Lipinski definition) is 14. The van der Waals surface area contributed by atoms with Crippen molar-refractivity contribution < 1.29 is 52.6 Å². The normalized spacial score (nSPS) is 11.5. The third-order valence-corrected chi connectivity index (χ3v) is 11.5. The van der Waals surface area contributed by atoms with Crippen LogP contribution in [-0.4, -0.2) is 126 Å². The molecule has 0 saturated heterocycles. The van der Waals surface area contributed by atoms with E-state index in [0.717, 1.165) is 0 Å². The number of imidazole rings is 3. The van der Waals surface area contributed by atoms with Crippen LogP contribution in [0.1, 0.15) is 101 Å². The Morgan fingerprint density at radius 1 is 0.513 bits per heavy atom. The number of esters is 1. The molecule has 0 aliphatic rings. The van der Waals surface area contributed by atoms with Crippen LogP contribution in [0.25, 0.3) is 0 Å². The molecule has 0 aliphatic heterocycles. The molecule has 7 aromatic rings. The van der Waals surface area contributed by atoms with Gasteiger partial charge in [-0.25, -0.2) is 24.5 Å². The molecule has 7 heterocycles. The molecule has 1 atom stereocenters. The average Bonchev–Trinajstić information content (AvgIpc) is 4.24. The van der Waals surface area contributed by atoms with Gasteiger partial charge in [-0.3, -0.25) is 33.6 Å². The predicted molar refractivity (Wildman–Crippen MR) is 281 cm³/mol. The highest BCUT2D eigenvalue weighted by atomic mass is 16.6. The highest BCUT2D eigenvalue weighted by Crippen LogP contribution is 2.22. The van der Waals surface area contributed by atoms with E-state index in [9.17, 15) is 43.2 Å². The topological polar surface area (TPSA) is 342 Å². The van der Waals surface area contributed by atoms with Gasteiger partial charge in [0.05, 0.1) is 29.9 Å². The van der Waals surface area contributed by atoms with Crippen molar-refractivity contribution in [2.45, 2.75) is 38.8 Å². The molecule has 8 N–H and O–H groups in total. The van der Waals surface area contributed by atoms with Crippen molar-refractivity contribution in [3.63, 3.8) is 0 Å². The second kappa shape index (κ2) is 22.7. The van der Waals surface area contributed by atoms with Crippen molar-refractivity contribution >= 4 is 87.8 Å². The van der Waals surface area contributed by atoms with E-state index in [4.69, 9.17) is 9.47 Å². The number of methoxy groups -OCH3 is 1. The number of carbonyl (C=O) groups excluding carboxylic acids is 9. The Hall–Kier alpha value is -10.2. The number of anilines is 6. The molecule has 78 heavy (non-hydrogen) atoms. The SMILES string of the molecule is COC(=O)c1cc(NC(=O)c2nc(NC(=O)c3cc(NC(=O)[C@H](CCNC(=O)c4nc(NC(=O)c5cc(NC(=O)c6cc(NC(=O)c7nccn7C)cn6C)cn5C)cn4C)NC(=O)OC(C)(C)C)cn3C)cn2C)cn1C. The number of nitrogens with zero attached hydrogens (tertiary/aromatic N) is 10. The van der Waals surface area contributed by atoms with Crippen LogP contribution in [0, 0.1) is 0 Å². The van der Waals surface area contributed by atoms with Gasteiger partial charge in [-0.1, -0.05) is 0 Å². The van der Waals surface area contributed by atoms with Crippen LogP contribution >= 0.6 is 0 Å². The van der Waals surface area contributed by atoms with E-state index >= 15 is 0 Å². The summed E-state index contributed by atoms with van der Waals surface area (Å²) in [4.78, 5) is 131. The zero-order valence-corrected chi connectivity index (χ0v) is 44.4. The fourth-order valence-electron chi connectivity index (χ4n) is 7.86. The van der Waals surface area contributed by atoms with E-state index in [0.29, 0.717) is 17.1 Å². The first kappa shape index (κ1) is 55.5. The Morgan fingerprint density at radius 2 is 0.936 bits per heavy atom. The molecule has 0 unspecified atom stereocenters. The van der Waals surface area contributed by atoms with Crippen molar-refractivity contribution in [1.29, 1.82) is 0 Å². The highest BCUT2D eigenvalue weighted by molar-refractivity contribution is 6.09. The van der Waals surface area contributed by atoms with E-state index in [-0.39, 0.29) is 70.5 Å². The minimum absolute atomic E-state index is 0.0249. The largest absolute Gasteiger partial charge is 0.464 e.